The van der Waals surface area contributed by atoms with Crippen molar-refractivity contribution in [1.29, 1.82) is 0 Å². The average Bonchev–Trinajstić information content (AvgIpc) is 2.81. The van der Waals surface area contributed by atoms with Crippen LogP contribution < -0.4 is 10.4 Å². The van der Waals surface area contributed by atoms with Gasteiger partial charge in [-0.05, 0) is 36.4 Å². The zero-order chi connectivity index (χ0) is 19.3. The van der Waals surface area contributed by atoms with Crippen molar-refractivity contribution in [1.82, 2.24) is 9.55 Å². The first-order valence-electron chi connectivity index (χ1n) is 7.07. The highest BCUT2D eigenvalue weighted by atomic mass is 32.2. The number of nitrogens with one attached hydrogen (secondary N) is 2. The molecule has 1 heterocycles. The van der Waals surface area contributed by atoms with E-state index < -0.39 is 38.2 Å². The molecule has 0 aliphatic carbocycles. The minimum Gasteiger partial charge on any atom is -0.306 e. The predicted octanol–water partition coefficient (Wildman–Crippen LogP) is 2.83. The molecule has 0 spiro atoms. The fourth-order valence-electron chi connectivity index (χ4n) is 2.38. The van der Waals surface area contributed by atoms with Gasteiger partial charge in [-0.3, -0.25) is 9.29 Å². The van der Waals surface area contributed by atoms with E-state index >= 15 is 0 Å². The Morgan fingerprint density at radius 1 is 1.12 bits per heavy atom. The van der Waals surface area contributed by atoms with Gasteiger partial charge in [-0.15, -0.1) is 0 Å². The zero-order valence-electron chi connectivity index (χ0n) is 13.1. The predicted molar refractivity (Wildman–Crippen MR) is 85.8 cm³/mol. The van der Waals surface area contributed by atoms with Crippen molar-refractivity contribution in [3.8, 4) is 0 Å². The molecule has 3 aromatic rings. The van der Waals surface area contributed by atoms with Gasteiger partial charge in [-0.1, -0.05) is 0 Å². The number of aryl methyl sites for hydroxylation is 1. The summed E-state index contributed by atoms with van der Waals surface area (Å²) in [4.78, 5) is 12.9. The Kier molecular flexibility index (Phi) is 4.06. The summed E-state index contributed by atoms with van der Waals surface area (Å²) in [6.45, 7) is 0. The number of imidazole rings is 1. The van der Waals surface area contributed by atoms with Gasteiger partial charge in [0.05, 0.1) is 22.3 Å². The average molecular weight is 389 g/mol. The Morgan fingerprint density at radius 2 is 1.81 bits per heavy atom. The van der Waals surface area contributed by atoms with E-state index in [9.17, 15) is 30.8 Å². The van der Waals surface area contributed by atoms with E-state index in [1.807, 2.05) is 4.72 Å². The maximum atomic E-state index is 13.8. The second-order valence-electron chi connectivity index (χ2n) is 5.47. The number of rotatable bonds is 3. The van der Waals surface area contributed by atoms with Gasteiger partial charge >= 0.3 is 11.9 Å². The molecule has 0 saturated carbocycles. The molecule has 26 heavy (non-hydrogen) atoms. The number of H-pyrrole nitrogens is 1. The number of hydrogen-bond donors (Lipinski definition) is 2. The lowest BCUT2D eigenvalue weighted by molar-refractivity contribution is -0.137. The molecule has 138 valence electrons. The van der Waals surface area contributed by atoms with E-state index in [1.54, 1.807) is 0 Å². The molecule has 0 atom stereocenters. The number of fused-ring (bicyclic) bond motifs is 1. The molecule has 2 N–H and O–H groups in total. The Balaban J connectivity index is 2.04. The summed E-state index contributed by atoms with van der Waals surface area (Å²) < 4.78 is 80.0. The lowest BCUT2D eigenvalue weighted by Crippen LogP contribution is -2.16. The first-order chi connectivity index (χ1) is 12.0. The Morgan fingerprint density at radius 3 is 2.46 bits per heavy atom. The van der Waals surface area contributed by atoms with Gasteiger partial charge in [0.2, 0.25) is 0 Å². The largest absolute Gasteiger partial charge is 0.416 e. The number of alkyl halides is 3. The van der Waals surface area contributed by atoms with Gasteiger partial charge in [-0.2, -0.15) is 13.2 Å². The smallest absolute Gasteiger partial charge is 0.306 e. The molecule has 0 radical (unpaired) electrons. The molecular formula is C15H11F4N3O3S. The highest BCUT2D eigenvalue weighted by Gasteiger charge is 2.33. The van der Waals surface area contributed by atoms with Crippen LogP contribution in [0.1, 0.15) is 5.56 Å². The number of aromatic amines is 1. The van der Waals surface area contributed by atoms with E-state index in [0.717, 1.165) is 0 Å². The highest BCUT2D eigenvalue weighted by Crippen LogP contribution is 2.32. The first kappa shape index (κ1) is 18.0. The molecule has 6 nitrogen and oxygen atoms in total. The fourth-order valence-corrected chi connectivity index (χ4v) is 3.54. The van der Waals surface area contributed by atoms with Crippen molar-refractivity contribution in [3.63, 3.8) is 0 Å². The van der Waals surface area contributed by atoms with Crippen LogP contribution in [0.5, 0.6) is 0 Å². The van der Waals surface area contributed by atoms with Gasteiger partial charge in [0.25, 0.3) is 10.0 Å². The molecule has 3 rings (SSSR count). The summed E-state index contributed by atoms with van der Waals surface area (Å²) >= 11 is 0. The number of hydrogen-bond acceptors (Lipinski definition) is 3. The van der Waals surface area contributed by atoms with Crippen LogP contribution in [-0.2, 0) is 23.2 Å². The second kappa shape index (κ2) is 5.87. The van der Waals surface area contributed by atoms with Crippen molar-refractivity contribution in [2.45, 2.75) is 11.1 Å². The molecule has 0 amide bonds. The lowest BCUT2D eigenvalue weighted by Gasteiger charge is -2.12. The molecule has 0 aliphatic rings. The molecule has 0 saturated heterocycles. The highest BCUT2D eigenvalue weighted by molar-refractivity contribution is 7.92. The number of nitrogens with zero attached hydrogens (tertiary/aromatic N) is 1. The normalized spacial score (nSPS) is 12.5. The molecule has 0 fully saturated rings. The summed E-state index contributed by atoms with van der Waals surface area (Å²) in [5.74, 6) is -1.32. The molecular weight excluding hydrogens is 378 g/mol. The summed E-state index contributed by atoms with van der Waals surface area (Å²) in [5.41, 5.74) is -0.957. The molecule has 0 aliphatic heterocycles. The summed E-state index contributed by atoms with van der Waals surface area (Å²) in [7, 11) is -3.17. The van der Waals surface area contributed by atoms with E-state index in [4.69, 9.17) is 0 Å². The number of sulfonamides is 1. The van der Waals surface area contributed by atoms with E-state index in [1.165, 1.54) is 29.8 Å². The van der Waals surface area contributed by atoms with Crippen LogP contribution in [0.3, 0.4) is 0 Å². The Bertz CT molecular complexity index is 1160. The molecule has 1 aromatic heterocycles. The van der Waals surface area contributed by atoms with Gasteiger partial charge in [0, 0.05) is 7.05 Å². The van der Waals surface area contributed by atoms with Crippen LogP contribution in [0.25, 0.3) is 11.0 Å². The third-order valence-corrected chi connectivity index (χ3v) is 5.10. The van der Waals surface area contributed by atoms with Crippen molar-refractivity contribution >= 4 is 26.7 Å². The molecule has 0 unspecified atom stereocenters. The second-order valence-corrected chi connectivity index (χ2v) is 7.12. The Hall–Kier alpha value is -2.82. The van der Waals surface area contributed by atoms with Gasteiger partial charge < -0.3 is 4.98 Å². The lowest BCUT2D eigenvalue weighted by atomic mass is 10.2. The topological polar surface area (TPSA) is 84.0 Å². The third-order valence-electron chi connectivity index (χ3n) is 3.71. The maximum Gasteiger partial charge on any atom is 0.416 e. The number of anilines is 1. The molecule has 2 aromatic carbocycles. The minimum atomic E-state index is -4.82. The zero-order valence-corrected chi connectivity index (χ0v) is 13.9. The third kappa shape index (κ3) is 3.17. The fraction of sp³-hybridized carbons (Fsp3) is 0.133. The van der Waals surface area contributed by atoms with Crippen molar-refractivity contribution < 1.29 is 26.0 Å². The van der Waals surface area contributed by atoms with Crippen LogP contribution in [0.15, 0.2) is 46.1 Å². The van der Waals surface area contributed by atoms with Gasteiger partial charge in [-0.25, -0.2) is 17.6 Å². The van der Waals surface area contributed by atoms with Crippen LogP contribution >= 0.6 is 0 Å². The van der Waals surface area contributed by atoms with E-state index in [-0.39, 0.29) is 11.8 Å². The summed E-state index contributed by atoms with van der Waals surface area (Å²) in [5, 5.41) is 0. The number of benzene rings is 2. The van der Waals surface area contributed by atoms with Gasteiger partial charge in [0.15, 0.2) is 0 Å². The van der Waals surface area contributed by atoms with E-state index in [0.29, 0.717) is 23.2 Å². The van der Waals surface area contributed by atoms with Crippen LogP contribution in [0.2, 0.25) is 0 Å². The first-order valence-corrected chi connectivity index (χ1v) is 8.56. The minimum absolute atomic E-state index is 0.0380. The van der Waals surface area contributed by atoms with Crippen molar-refractivity contribution in [3.05, 3.63) is 58.3 Å². The standard InChI is InChI=1S/C15H11F4N3O3S/c1-22-12-7-9(3-5-11(12)20-14(22)23)21-26(24,25)13-6-8(15(17,18)19)2-4-10(13)16/h2-7,21H,1H3,(H,20,23). The van der Waals surface area contributed by atoms with Crippen LogP contribution in [0.4, 0.5) is 23.2 Å². The number of aromatic nitrogens is 2. The van der Waals surface area contributed by atoms with Gasteiger partial charge in [0.1, 0.15) is 10.7 Å². The SMILES string of the molecule is Cn1c(=O)[nH]c2ccc(NS(=O)(=O)c3cc(C(F)(F)F)ccc3F)cc21. The quantitative estimate of drug-likeness (QED) is 0.676. The molecule has 11 heteroatoms. The maximum absolute atomic E-state index is 13.8. The van der Waals surface area contributed by atoms with Crippen molar-refractivity contribution in [2.24, 2.45) is 7.05 Å². The monoisotopic (exact) mass is 389 g/mol. The van der Waals surface area contributed by atoms with Crippen LogP contribution in [0, 0.1) is 5.82 Å². The molecule has 0 bridgehead atoms. The number of halogens is 4. The van der Waals surface area contributed by atoms with Crippen LogP contribution in [-0.4, -0.2) is 18.0 Å². The van der Waals surface area contributed by atoms with E-state index in [2.05, 4.69) is 4.98 Å². The van der Waals surface area contributed by atoms with Crippen molar-refractivity contribution in [2.75, 3.05) is 4.72 Å². The Labute approximate surface area is 144 Å². The summed E-state index contributed by atoms with van der Waals surface area (Å²) in [6.07, 6.45) is -4.82. The summed E-state index contributed by atoms with van der Waals surface area (Å²) in [6, 6.07) is 5.13.